The van der Waals surface area contributed by atoms with Crippen LogP contribution in [0.3, 0.4) is 0 Å². The van der Waals surface area contributed by atoms with E-state index in [2.05, 4.69) is 56.4 Å². The third kappa shape index (κ3) is 5.48. The van der Waals surface area contributed by atoms with Crippen molar-refractivity contribution in [3.8, 4) is 11.1 Å². The highest BCUT2D eigenvalue weighted by Gasteiger charge is 2.62. The van der Waals surface area contributed by atoms with E-state index in [-0.39, 0.29) is 22.4 Å². The summed E-state index contributed by atoms with van der Waals surface area (Å²) >= 11 is 6.35. The Hall–Kier alpha value is -3.57. The van der Waals surface area contributed by atoms with Gasteiger partial charge in [-0.15, -0.1) is 0 Å². The number of aromatic nitrogens is 1. The molecule has 0 saturated heterocycles. The molecule has 4 saturated carbocycles. The molecule has 4 aliphatic rings. The number of halogens is 1. The average Bonchev–Trinajstić information content (AvgIpc) is 3.26. The standard InChI is InChI=1S/C39H43ClN2O3/c1-4-5-7-25-10-12-28(13-11-25)29-14-15-31-32(17-29)42(21-26-8-6-9-30(40)16-26)34(35(43)44)33(31)41-36(45)39-20-27-18-37(2,23-39)22-38(3,19-27)24-39/h6,8-17,27H,4-5,7,18-24H2,1-3H3,(H,41,45)(H,43,44). The van der Waals surface area contributed by atoms with E-state index in [1.165, 1.54) is 24.8 Å². The fourth-order valence-corrected chi connectivity index (χ4v) is 10.3. The Balaban J connectivity index is 1.32. The largest absolute Gasteiger partial charge is 0.477 e. The molecule has 1 aromatic heterocycles. The Morgan fingerprint density at radius 3 is 2.27 bits per heavy atom. The molecule has 4 fully saturated rings. The number of nitrogens with one attached hydrogen (secondary N) is 1. The van der Waals surface area contributed by atoms with Crippen molar-refractivity contribution in [2.45, 2.75) is 85.1 Å². The van der Waals surface area contributed by atoms with Gasteiger partial charge in [0.1, 0.15) is 0 Å². The molecule has 0 radical (unpaired) electrons. The van der Waals surface area contributed by atoms with E-state index < -0.39 is 11.4 Å². The third-order valence-corrected chi connectivity index (χ3v) is 11.2. The lowest BCUT2D eigenvalue weighted by Crippen LogP contribution is -2.58. The Morgan fingerprint density at radius 1 is 0.911 bits per heavy atom. The minimum atomic E-state index is -1.06. The molecule has 8 rings (SSSR count). The molecule has 1 amide bonds. The fraction of sp³-hybridized carbons (Fsp3) is 0.436. The van der Waals surface area contributed by atoms with Crippen molar-refractivity contribution in [2.75, 3.05) is 5.32 Å². The van der Waals surface area contributed by atoms with E-state index in [0.717, 1.165) is 66.1 Å². The highest BCUT2D eigenvalue weighted by molar-refractivity contribution is 6.30. The number of carboxylic acid groups (broad SMARTS) is 1. The lowest BCUT2D eigenvalue weighted by Gasteiger charge is -2.64. The first kappa shape index (κ1) is 30.1. The number of carbonyl (C=O) groups is 2. The van der Waals surface area contributed by atoms with Crippen LogP contribution < -0.4 is 5.32 Å². The number of aryl methyl sites for hydroxylation is 1. The minimum absolute atomic E-state index is 0.0138. The van der Waals surface area contributed by atoms with Gasteiger partial charge >= 0.3 is 5.97 Å². The molecule has 234 valence electrons. The van der Waals surface area contributed by atoms with E-state index in [9.17, 15) is 14.7 Å². The molecule has 0 aliphatic heterocycles. The number of hydrogen-bond acceptors (Lipinski definition) is 2. The molecule has 2 atom stereocenters. The molecule has 4 aromatic rings. The molecule has 4 bridgehead atoms. The van der Waals surface area contributed by atoms with Crippen LogP contribution in [0.25, 0.3) is 22.0 Å². The molecule has 1 heterocycles. The van der Waals surface area contributed by atoms with Crippen molar-refractivity contribution in [1.82, 2.24) is 4.57 Å². The van der Waals surface area contributed by atoms with Crippen LogP contribution in [0, 0.1) is 22.2 Å². The molecule has 4 aliphatic carbocycles. The summed E-state index contributed by atoms with van der Waals surface area (Å²) in [6, 6.07) is 22.3. The van der Waals surface area contributed by atoms with Crippen LogP contribution in [0.2, 0.25) is 5.02 Å². The highest BCUT2D eigenvalue weighted by Crippen LogP contribution is 2.69. The summed E-state index contributed by atoms with van der Waals surface area (Å²) in [5.74, 6) is -0.518. The van der Waals surface area contributed by atoms with Crippen LogP contribution >= 0.6 is 11.6 Å². The second kappa shape index (κ2) is 11.0. The van der Waals surface area contributed by atoms with Gasteiger partial charge in [0.15, 0.2) is 5.69 Å². The van der Waals surface area contributed by atoms with Gasteiger partial charge in [-0.25, -0.2) is 4.79 Å². The first-order valence-corrected chi connectivity index (χ1v) is 16.9. The number of rotatable bonds is 9. The minimum Gasteiger partial charge on any atom is -0.477 e. The molecular weight excluding hydrogens is 580 g/mol. The van der Waals surface area contributed by atoms with E-state index in [4.69, 9.17) is 11.6 Å². The second-order valence-corrected chi connectivity index (χ2v) is 15.6. The molecule has 2 N–H and O–H groups in total. The van der Waals surface area contributed by atoms with E-state index in [1.54, 1.807) is 0 Å². The smallest absolute Gasteiger partial charge is 0.354 e. The quantitative estimate of drug-likeness (QED) is 0.195. The van der Waals surface area contributed by atoms with Gasteiger partial charge in [-0.1, -0.05) is 87.3 Å². The Morgan fingerprint density at radius 2 is 1.62 bits per heavy atom. The summed E-state index contributed by atoms with van der Waals surface area (Å²) in [5.41, 5.74) is 5.45. The lowest BCUT2D eigenvalue weighted by molar-refractivity contribution is -0.165. The summed E-state index contributed by atoms with van der Waals surface area (Å²) in [6.07, 6.45) is 9.59. The zero-order valence-electron chi connectivity index (χ0n) is 26.6. The Labute approximate surface area is 271 Å². The number of anilines is 1. The molecule has 6 heteroatoms. The summed E-state index contributed by atoms with van der Waals surface area (Å²) in [4.78, 5) is 27.5. The lowest BCUT2D eigenvalue weighted by atomic mass is 9.40. The number of benzene rings is 3. The van der Waals surface area contributed by atoms with E-state index in [1.807, 2.05) is 41.0 Å². The average molecular weight is 623 g/mol. The first-order chi connectivity index (χ1) is 21.5. The van der Waals surface area contributed by atoms with Crippen LogP contribution in [0.15, 0.2) is 66.7 Å². The Bertz CT molecular complexity index is 1790. The highest BCUT2D eigenvalue weighted by atomic mass is 35.5. The number of carboxylic acids is 1. The van der Waals surface area contributed by atoms with Gasteiger partial charge < -0.3 is 15.0 Å². The number of carbonyl (C=O) groups excluding carboxylic acids is 1. The first-order valence-electron chi connectivity index (χ1n) is 16.5. The van der Waals surface area contributed by atoms with Crippen molar-refractivity contribution in [3.05, 3.63) is 88.6 Å². The molecular formula is C39H43ClN2O3. The normalized spacial score (nSPS) is 26.8. The molecule has 5 nitrogen and oxygen atoms in total. The zero-order chi connectivity index (χ0) is 31.6. The van der Waals surface area contributed by atoms with Crippen molar-refractivity contribution >= 4 is 40.1 Å². The number of aromatic carboxylic acids is 1. The van der Waals surface area contributed by atoms with Gasteiger partial charge in [0.2, 0.25) is 5.91 Å². The predicted octanol–water partition coefficient (Wildman–Crippen LogP) is 9.99. The van der Waals surface area contributed by atoms with Crippen LogP contribution in [0.5, 0.6) is 0 Å². The molecule has 2 unspecified atom stereocenters. The SMILES string of the molecule is CCCCc1ccc(-c2ccc3c(NC(=O)C45CC6CC(C)(CC(C)(C6)C4)C5)c(C(=O)O)n(Cc4cccc(Cl)c4)c3c2)cc1. The van der Waals surface area contributed by atoms with Crippen LogP contribution in [-0.4, -0.2) is 21.6 Å². The second-order valence-electron chi connectivity index (χ2n) is 15.1. The molecule has 3 aromatic carbocycles. The maximum Gasteiger partial charge on any atom is 0.354 e. The van der Waals surface area contributed by atoms with Crippen LogP contribution in [0.4, 0.5) is 5.69 Å². The van der Waals surface area contributed by atoms with Gasteiger partial charge in [-0.05, 0) is 109 Å². The van der Waals surface area contributed by atoms with Gasteiger partial charge in [0, 0.05) is 17.0 Å². The fourth-order valence-electron chi connectivity index (χ4n) is 10.1. The topological polar surface area (TPSA) is 71.3 Å². The van der Waals surface area contributed by atoms with Crippen LogP contribution in [0.1, 0.15) is 93.8 Å². The summed E-state index contributed by atoms with van der Waals surface area (Å²) in [5, 5.41) is 15.3. The van der Waals surface area contributed by atoms with Gasteiger partial charge in [0.25, 0.3) is 0 Å². The maximum atomic E-state index is 14.4. The summed E-state index contributed by atoms with van der Waals surface area (Å²) in [6.45, 7) is 7.23. The van der Waals surface area contributed by atoms with Gasteiger partial charge in [-0.3, -0.25) is 4.79 Å². The Kier molecular flexibility index (Phi) is 7.39. The third-order valence-electron chi connectivity index (χ3n) is 10.9. The monoisotopic (exact) mass is 622 g/mol. The van der Waals surface area contributed by atoms with E-state index >= 15 is 0 Å². The maximum absolute atomic E-state index is 14.4. The number of amides is 1. The van der Waals surface area contributed by atoms with Crippen molar-refractivity contribution < 1.29 is 14.7 Å². The van der Waals surface area contributed by atoms with Gasteiger partial charge in [0.05, 0.1) is 16.6 Å². The van der Waals surface area contributed by atoms with Crippen molar-refractivity contribution in [2.24, 2.45) is 22.2 Å². The van der Waals surface area contributed by atoms with Crippen LogP contribution in [-0.2, 0) is 17.8 Å². The molecule has 45 heavy (non-hydrogen) atoms. The van der Waals surface area contributed by atoms with Gasteiger partial charge in [-0.2, -0.15) is 0 Å². The zero-order valence-corrected chi connectivity index (χ0v) is 27.3. The van der Waals surface area contributed by atoms with E-state index in [0.29, 0.717) is 23.2 Å². The molecule has 0 spiro atoms. The number of nitrogens with zero attached hydrogens (tertiary/aromatic N) is 1. The number of hydrogen-bond donors (Lipinski definition) is 2. The van der Waals surface area contributed by atoms with Crippen molar-refractivity contribution in [3.63, 3.8) is 0 Å². The van der Waals surface area contributed by atoms with Crippen molar-refractivity contribution in [1.29, 1.82) is 0 Å². The summed E-state index contributed by atoms with van der Waals surface area (Å²) < 4.78 is 1.83. The number of unbranched alkanes of at least 4 members (excludes halogenated alkanes) is 1. The summed E-state index contributed by atoms with van der Waals surface area (Å²) in [7, 11) is 0. The predicted molar refractivity (Wildman–Crippen MR) is 182 cm³/mol. The number of fused-ring (bicyclic) bond motifs is 1.